The zero-order chi connectivity index (χ0) is 15.7. The SMILES string of the molecule is c1cc2c3c(cc4cc(-c5ccc6c(c5)CCC6)[nH]c4c3c1)CC2. The van der Waals surface area contributed by atoms with E-state index in [1.54, 1.807) is 11.1 Å². The van der Waals surface area contributed by atoms with Crippen molar-refractivity contribution in [3.63, 3.8) is 0 Å². The van der Waals surface area contributed by atoms with Crippen molar-refractivity contribution in [1.82, 2.24) is 4.98 Å². The molecule has 2 aliphatic carbocycles. The summed E-state index contributed by atoms with van der Waals surface area (Å²) in [7, 11) is 0. The second-order valence-corrected chi connectivity index (χ2v) is 7.36. The van der Waals surface area contributed by atoms with Crippen molar-refractivity contribution in [3.8, 4) is 11.3 Å². The summed E-state index contributed by atoms with van der Waals surface area (Å²) in [5.41, 5.74) is 10.00. The largest absolute Gasteiger partial charge is 0.354 e. The van der Waals surface area contributed by atoms with E-state index in [0.717, 1.165) is 0 Å². The molecule has 2 aliphatic rings. The molecule has 6 rings (SSSR count). The quantitative estimate of drug-likeness (QED) is 0.473. The van der Waals surface area contributed by atoms with Crippen LogP contribution in [0.3, 0.4) is 0 Å². The van der Waals surface area contributed by atoms with E-state index < -0.39 is 0 Å². The number of aromatic amines is 1. The maximum atomic E-state index is 3.73. The number of aromatic nitrogens is 1. The van der Waals surface area contributed by atoms with Gasteiger partial charge in [-0.25, -0.2) is 0 Å². The summed E-state index contributed by atoms with van der Waals surface area (Å²) >= 11 is 0. The van der Waals surface area contributed by atoms with Crippen LogP contribution in [0, 0.1) is 0 Å². The van der Waals surface area contributed by atoms with Gasteiger partial charge in [-0.2, -0.15) is 0 Å². The van der Waals surface area contributed by atoms with Crippen LogP contribution in [0.1, 0.15) is 28.7 Å². The van der Waals surface area contributed by atoms with Gasteiger partial charge in [0.05, 0.1) is 5.52 Å². The van der Waals surface area contributed by atoms with Crippen LogP contribution in [0.4, 0.5) is 0 Å². The predicted molar refractivity (Wildman–Crippen MR) is 101 cm³/mol. The maximum absolute atomic E-state index is 3.73. The molecule has 24 heavy (non-hydrogen) atoms. The molecule has 0 atom stereocenters. The van der Waals surface area contributed by atoms with E-state index in [9.17, 15) is 0 Å². The molecule has 3 aromatic carbocycles. The number of benzene rings is 3. The fourth-order valence-electron chi connectivity index (χ4n) is 4.82. The summed E-state index contributed by atoms with van der Waals surface area (Å²) in [4.78, 5) is 3.73. The van der Waals surface area contributed by atoms with E-state index in [1.807, 2.05) is 0 Å². The highest BCUT2D eigenvalue weighted by Crippen LogP contribution is 2.38. The molecule has 0 bridgehead atoms. The van der Waals surface area contributed by atoms with Crippen molar-refractivity contribution in [1.29, 1.82) is 0 Å². The number of aryl methyl sites for hydroxylation is 4. The molecule has 0 radical (unpaired) electrons. The standard InChI is InChI=1S/C23H19N/c1-3-14-7-9-17(11-16(14)5-1)21-13-19-12-18-10-8-15-4-2-6-20(22(15)18)23(19)24-21/h2,4,6-7,9,11-13,24H,1,3,5,8,10H2. The third-order valence-corrected chi connectivity index (χ3v) is 5.99. The summed E-state index contributed by atoms with van der Waals surface area (Å²) in [5.74, 6) is 0. The molecule has 0 saturated carbocycles. The number of fused-ring (bicyclic) bond motifs is 3. The fraction of sp³-hybridized carbons (Fsp3) is 0.217. The Morgan fingerprint density at radius 3 is 2.62 bits per heavy atom. The fourth-order valence-corrected chi connectivity index (χ4v) is 4.82. The molecule has 0 unspecified atom stereocenters. The van der Waals surface area contributed by atoms with E-state index in [2.05, 4.69) is 53.5 Å². The summed E-state index contributed by atoms with van der Waals surface area (Å²) in [6.07, 6.45) is 6.17. The third kappa shape index (κ3) is 1.65. The molecule has 1 heterocycles. The highest BCUT2D eigenvalue weighted by atomic mass is 14.7. The molecule has 116 valence electrons. The molecule has 0 fully saturated rings. The van der Waals surface area contributed by atoms with E-state index in [0.29, 0.717) is 0 Å². The molecule has 1 aromatic heterocycles. The maximum Gasteiger partial charge on any atom is 0.0538 e. The second-order valence-electron chi connectivity index (χ2n) is 7.36. The number of hydrogen-bond acceptors (Lipinski definition) is 0. The smallest absolute Gasteiger partial charge is 0.0538 e. The Labute approximate surface area is 141 Å². The van der Waals surface area contributed by atoms with Gasteiger partial charge in [-0.3, -0.25) is 0 Å². The Hall–Kier alpha value is -2.54. The molecule has 0 saturated heterocycles. The van der Waals surface area contributed by atoms with Gasteiger partial charge in [0.25, 0.3) is 0 Å². The monoisotopic (exact) mass is 309 g/mol. The Kier molecular flexibility index (Phi) is 2.41. The lowest BCUT2D eigenvalue weighted by molar-refractivity contribution is 0.912. The van der Waals surface area contributed by atoms with Gasteiger partial charge in [-0.15, -0.1) is 0 Å². The van der Waals surface area contributed by atoms with E-state index in [1.165, 1.54) is 76.2 Å². The van der Waals surface area contributed by atoms with Crippen LogP contribution in [0.25, 0.3) is 32.9 Å². The molecular formula is C23H19N. The van der Waals surface area contributed by atoms with Gasteiger partial charge < -0.3 is 4.98 Å². The van der Waals surface area contributed by atoms with E-state index in [-0.39, 0.29) is 0 Å². The molecule has 0 amide bonds. The normalized spacial score (nSPS) is 15.5. The van der Waals surface area contributed by atoms with Crippen LogP contribution in [-0.4, -0.2) is 4.98 Å². The van der Waals surface area contributed by atoms with E-state index in [4.69, 9.17) is 0 Å². The topological polar surface area (TPSA) is 15.8 Å². The molecule has 4 aromatic rings. The molecule has 1 nitrogen and oxygen atoms in total. The van der Waals surface area contributed by atoms with Crippen molar-refractivity contribution in [2.45, 2.75) is 32.1 Å². The van der Waals surface area contributed by atoms with Crippen molar-refractivity contribution in [2.24, 2.45) is 0 Å². The lowest BCUT2D eigenvalue weighted by Crippen LogP contribution is -1.84. The molecule has 1 heteroatoms. The van der Waals surface area contributed by atoms with Crippen LogP contribution in [0.5, 0.6) is 0 Å². The molecule has 0 aliphatic heterocycles. The van der Waals surface area contributed by atoms with Crippen LogP contribution in [-0.2, 0) is 25.7 Å². The first-order chi connectivity index (χ1) is 11.9. The van der Waals surface area contributed by atoms with Crippen LogP contribution in [0.2, 0.25) is 0 Å². The summed E-state index contributed by atoms with van der Waals surface area (Å²) < 4.78 is 0. The summed E-state index contributed by atoms with van der Waals surface area (Å²) in [5, 5.41) is 4.24. The van der Waals surface area contributed by atoms with Gasteiger partial charge in [0.1, 0.15) is 0 Å². The average molecular weight is 309 g/mol. The number of H-pyrrole nitrogens is 1. The zero-order valence-electron chi connectivity index (χ0n) is 13.7. The first-order valence-corrected chi connectivity index (χ1v) is 9.05. The Bertz CT molecular complexity index is 1130. The van der Waals surface area contributed by atoms with Crippen molar-refractivity contribution in [3.05, 3.63) is 70.8 Å². The van der Waals surface area contributed by atoms with Gasteiger partial charge in [0, 0.05) is 16.5 Å². The second kappa shape index (κ2) is 4.51. The summed E-state index contributed by atoms with van der Waals surface area (Å²) in [6, 6.07) is 18.5. The van der Waals surface area contributed by atoms with Gasteiger partial charge >= 0.3 is 0 Å². The molecule has 1 N–H and O–H groups in total. The van der Waals surface area contributed by atoms with E-state index >= 15 is 0 Å². The lowest BCUT2D eigenvalue weighted by atomic mass is 10.0. The van der Waals surface area contributed by atoms with Crippen molar-refractivity contribution >= 4 is 21.7 Å². The minimum Gasteiger partial charge on any atom is -0.354 e. The first-order valence-electron chi connectivity index (χ1n) is 9.05. The minimum absolute atomic E-state index is 1.19. The van der Waals surface area contributed by atoms with Gasteiger partial charge in [0.2, 0.25) is 0 Å². The average Bonchev–Trinajstić information content (AvgIpc) is 3.33. The van der Waals surface area contributed by atoms with Crippen molar-refractivity contribution < 1.29 is 0 Å². The first kappa shape index (κ1) is 12.8. The van der Waals surface area contributed by atoms with Crippen LogP contribution >= 0.6 is 0 Å². The third-order valence-electron chi connectivity index (χ3n) is 5.99. The Morgan fingerprint density at radius 1 is 0.708 bits per heavy atom. The minimum atomic E-state index is 1.19. The van der Waals surface area contributed by atoms with Gasteiger partial charge in [-0.05, 0) is 83.5 Å². The molecule has 0 spiro atoms. The van der Waals surface area contributed by atoms with Gasteiger partial charge in [-0.1, -0.05) is 30.3 Å². The number of rotatable bonds is 1. The predicted octanol–water partition coefficient (Wildman–Crippen LogP) is 5.58. The van der Waals surface area contributed by atoms with Gasteiger partial charge in [0.15, 0.2) is 0 Å². The Balaban J connectivity index is 1.62. The molecular weight excluding hydrogens is 290 g/mol. The van der Waals surface area contributed by atoms with Crippen molar-refractivity contribution in [2.75, 3.05) is 0 Å². The van der Waals surface area contributed by atoms with Crippen LogP contribution in [0.15, 0.2) is 48.5 Å². The lowest BCUT2D eigenvalue weighted by Gasteiger charge is -2.04. The Morgan fingerprint density at radius 2 is 1.62 bits per heavy atom. The highest BCUT2D eigenvalue weighted by molar-refractivity contribution is 6.10. The van der Waals surface area contributed by atoms with Crippen LogP contribution < -0.4 is 0 Å². The summed E-state index contributed by atoms with van der Waals surface area (Å²) in [6.45, 7) is 0. The zero-order valence-corrected chi connectivity index (χ0v) is 13.7. The number of hydrogen-bond donors (Lipinski definition) is 1. The number of nitrogens with one attached hydrogen (secondary N) is 1. The highest BCUT2D eigenvalue weighted by Gasteiger charge is 2.18.